The van der Waals surface area contributed by atoms with Crippen molar-refractivity contribution in [3.05, 3.63) is 68.9 Å². The molecule has 0 saturated heterocycles. The first-order valence-corrected chi connectivity index (χ1v) is 12.7. The summed E-state index contributed by atoms with van der Waals surface area (Å²) in [6.45, 7) is 2.45. The fourth-order valence-electron chi connectivity index (χ4n) is 4.18. The van der Waals surface area contributed by atoms with E-state index in [9.17, 15) is 27.2 Å². The molecule has 176 valence electrons. The van der Waals surface area contributed by atoms with Gasteiger partial charge in [0.15, 0.2) is 15.7 Å². The van der Waals surface area contributed by atoms with Crippen LogP contribution in [-0.2, 0) is 22.9 Å². The summed E-state index contributed by atoms with van der Waals surface area (Å²) in [7, 11) is -3.24. The molecule has 0 radical (unpaired) electrons. The molecule has 0 atom stereocenters. The van der Waals surface area contributed by atoms with Crippen LogP contribution in [0.4, 0.5) is 4.39 Å². The largest absolute Gasteiger partial charge is 0.348 e. The van der Waals surface area contributed by atoms with Crippen molar-refractivity contribution in [1.29, 1.82) is 0 Å². The van der Waals surface area contributed by atoms with E-state index in [-0.39, 0.29) is 38.2 Å². The van der Waals surface area contributed by atoms with E-state index in [0.29, 0.717) is 12.8 Å². The Morgan fingerprint density at radius 3 is 2.42 bits per heavy atom. The van der Waals surface area contributed by atoms with Gasteiger partial charge < -0.3 is 10.2 Å². The Bertz CT molecular complexity index is 1280. The van der Waals surface area contributed by atoms with Gasteiger partial charge in [-0.15, -0.1) is 0 Å². The Morgan fingerprint density at radius 1 is 1.15 bits per heavy atom. The SMILES string of the molecule is Cc1ccc(CNC(=O)c2cc(F)c3n(c2=O)CCN(CCC2(S(C)(=O)=O)CC2)C3=O)cc1. The number of halogens is 1. The highest BCUT2D eigenvalue weighted by molar-refractivity contribution is 7.92. The maximum Gasteiger partial charge on any atom is 0.273 e. The lowest BCUT2D eigenvalue weighted by Crippen LogP contribution is -2.48. The van der Waals surface area contributed by atoms with Gasteiger partial charge in [-0.3, -0.25) is 19.0 Å². The summed E-state index contributed by atoms with van der Waals surface area (Å²) in [5.74, 6) is -2.34. The fraction of sp³-hybridized carbons (Fsp3) is 0.435. The molecule has 1 aromatic carbocycles. The molecule has 1 N–H and O–H groups in total. The number of hydrogen-bond acceptors (Lipinski definition) is 5. The molecule has 1 fully saturated rings. The maximum absolute atomic E-state index is 14.9. The molecule has 8 nitrogen and oxygen atoms in total. The van der Waals surface area contributed by atoms with E-state index in [0.717, 1.165) is 21.8 Å². The van der Waals surface area contributed by atoms with Crippen LogP contribution in [0.2, 0.25) is 0 Å². The number of sulfone groups is 1. The molecule has 33 heavy (non-hydrogen) atoms. The smallest absolute Gasteiger partial charge is 0.273 e. The van der Waals surface area contributed by atoms with Crippen molar-refractivity contribution in [2.75, 3.05) is 19.3 Å². The van der Waals surface area contributed by atoms with Gasteiger partial charge in [-0.05, 0) is 37.8 Å². The van der Waals surface area contributed by atoms with Gasteiger partial charge in [0.05, 0.1) is 4.75 Å². The third-order valence-corrected chi connectivity index (χ3v) is 8.76. The van der Waals surface area contributed by atoms with Gasteiger partial charge in [0.1, 0.15) is 11.3 Å². The van der Waals surface area contributed by atoms with Gasteiger partial charge in [0.2, 0.25) is 0 Å². The number of nitrogens with zero attached hydrogens (tertiary/aromatic N) is 2. The van der Waals surface area contributed by atoms with Crippen LogP contribution in [0.15, 0.2) is 35.1 Å². The van der Waals surface area contributed by atoms with Crippen LogP contribution in [-0.4, -0.2) is 53.8 Å². The molecular weight excluding hydrogens is 449 g/mol. The molecule has 2 heterocycles. The quantitative estimate of drug-likeness (QED) is 0.656. The molecule has 2 aromatic rings. The summed E-state index contributed by atoms with van der Waals surface area (Å²) >= 11 is 0. The number of amides is 2. The number of hydrogen-bond donors (Lipinski definition) is 1. The zero-order valence-electron chi connectivity index (χ0n) is 18.6. The van der Waals surface area contributed by atoms with Crippen molar-refractivity contribution < 1.29 is 22.4 Å². The number of fused-ring (bicyclic) bond motifs is 1. The molecule has 0 unspecified atom stereocenters. The van der Waals surface area contributed by atoms with Crippen LogP contribution in [0, 0.1) is 12.7 Å². The summed E-state index contributed by atoms with van der Waals surface area (Å²) in [5, 5.41) is 2.62. The van der Waals surface area contributed by atoms with Gasteiger partial charge in [-0.25, -0.2) is 12.8 Å². The van der Waals surface area contributed by atoms with Crippen molar-refractivity contribution >= 4 is 21.7 Å². The Balaban J connectivity index is 1.50. The van der Waals surface area contributed by atoms with Crippen molar-refractivity contribution in [1.82, 2.24) is 14.8 Å². The fourth-order valence-corrected chi connectivity index (χ4v) is 5.49. The van der Waals surface area contributed by atoms with Crippen molar-refractivity contribution in [3.8, 4) is 0 Å². The number of benzene rings is 1. The normalized spacial score (nSPS) is 16.9. The number of aryl methyl sites for hydroxylation is 1. The number of aromatic nitrogens is 1. The van der Waals surface area contributed by atoms with Crippen LogP contribution in [0.3, 0.4) is 0 Å². The molecule has 1 saturated carbocycles. The zero-order chi connectivity index (χ0) is 24.0. The maximum atomic E-state index is 14.9. The zero-order valence-corrected chi connectivity index (χ0v) is 19.4. The van der Waals surface area contributed by atoms with Gasteiger partial charge in [-0.2, -0.15) is 0 Å². The Morgan fingerprint density at radius 2 is 1.82 bits per heavy atom. The first-order chi connectivity index (χ1) is 15.5. The third-order valence-electron chi connectivity index (χ3n) is 6.58. The molecule has 10 heteroatoms. The van der Waals surface area contributed by atoms with Crippen LogP contribution < -0.4 is 10.9 Å². The van der Waals surface area contributed by atoms with Crippen LogP contribution in [0.25, 0.3) is 0 Å². The lowest BCUT2D eigenvalue weighted by molar-refractivity contribution is 0.0687. The Labute approximate surface area is 191 Å². The summed E-state index contributed by atoms with van der Waals surface area (Å²) in [4.78, 5) is 39.7. The predicted octanol–water partition coefficient (Wildman–Crippen LogP) is 1.65. The third kappa shape index (κ3) is 4.44. The van der Waals surface area contributed by atoms with Crippen LogP contribution in [0.5, 0.6) is 0 Å². The number of carbonyl (C=O) groups is 2. The van der Waals surface area contributed by atoms with E-state index in [1.807, 2.05) is 31.2 Å². The number of rotatable bonds is 7. The van der Waals surface area contributed by atoms with E-state index in [1.165, 1.54) is 11.2 Å². The van der Waals surface area contributed by atoms with E-state index in [4.69, 9.17) is 0 Å². The molecule has 2 amide bonds. The minimum atomic E-state index is -3.24. The number of nitrogens with one attached hydrogen (secondary N) is 1. The molecule has 1 aliphatic carbocycles. The predicted molar refractivity (Wildman–Crippen MR) is 120 cm³/mol. The lowest BCUT2D eigenvalue weighted by atomic mass is 10.1. The lowest BCUT2D eigenvalue weighted by Gasteiger charge is -2.31. The number of pyridine rings is 1. The second-order valence-electron chi connectivity index (χ2n) is 8.88. The van der Waals surface area contributed by atoms with E-state index in [2.05, 4.69) is 5.32 Å². The molecule has 1 aliphatic heterocycles. The first-order valence-electron chi connectivity index (χ1n) is 10.8. The molecule has 2 aliphatic rings. The van der Waals surface area contributed by atoms with Gasteiger partial charge in [-0.1, -0.05) is 29.8 Å². The molecule has 0 bridgehead atoms. The summed E-state index contributed by atoms with van der Waals surface area (Å²) in [6, 6.07) is 8.29. The Kier molecular flexibility index (Phi) is 5.90. The average Bonchev–Trinajstić information content (AvgIpc) is 3.56. The van der Waals surface area contributed by atoms with E-state index in [1.54, 1.807) is 0 Å². The van der Waals surface area contributed by atoms with Gasteiger partial charge >= 0.3 is 0 Å². The average molecular weight is 476 g/mol. The Hall–Kier alpha value is -3.01. The summed E-state index contributed by atoms with van der Waals surface area (Å²) < 4.78 is 39.1. The highest BCUT2D eigenvalue weighted by Crippen LogP contribution is 2.46. The van der Waals surface area contributed by atoms with Crippen molar-refractivity contribution in [3.63, 3.8) is 0 Å². The topological polar surface area (TPSA) is 106 Å². The van der Waals surface area contributed by atoms with Crippen molar-refractivity contribution in [2.45, 2.75) is 44.0 Å². The first kappa shape index (κ1) is 23.2. The summed E-state index contributed by atoms with van der Waals surface area (Å²) in [5.41, 5.74) is 0.419. The minimum absolute atomic E-state index is 0.0295. The summed E-state index contributed by atoms with van der Waals surface area (Å²) in [6.07, 6.45) is 2.58. The second kappa shape index (κ2) is 8.40. The highest BCUT2D eigenvalue weighted by Gasteiger charge is 2.51. The van der Waals surface area contributed by atoms with E-state index >= 15 is 0 Å². The molecule has 4 rings (SSSR count). The monoisotopic (exact) mass is 475 g/mol. The second-order valence-corrected chi connectivity index (χ2v) is 11.3. The number of carbonyl (C=O) groups excluding carboxylic acids is 2. The van der Waals surface area contributed by atoms with Crippen LogP contribution in [0.1, 0.15) is 51.2 Å². The van der Waals surface area contributed by atoms with E-state index < -0.39 is 43.5 Å². The van der Waals surface area contributed by atoms with Crippen molar-refractivity contribution in [2.24, 2.45) is 0 Å². The molecule has 0 spiro atoms. The van der Waals surface area contributed by atoms with Gasteiger partial charge in [0, 0.05) is 32.4 Å². The van der Waals surface area contributed by atoms with Gasteiger partial charge in [0.25, 0.3) is 17.4 Å². The van der Waals surface area contributed by atoms with Crippen LogP contribution >= 0.6 is 0 Å². The molecular formula is C23H26FN3O5S. The highest BCUT2D eigenvalue weighted by atomic mass is 32.2. The molecule has 1 aromatic heterocycles. The standard InChI is InChI=1S/C23H26FN3O5S/c1-15-3-5-16(6-4-15)14-25-20(28)17-13-18(24)19-22(30)26(11-12-27(19)21(17)29)10-9-23(7-8-23)33(2,31)32/h3-6,13H,7-12,14H2,1-2H3,(H,25,28). The minimum Gasteiger partial charge on any atom is -0.348 e.